The zero-order chi connectivity index (χ0) is 12.9. The van der Waals surface area contributed by atoms with Crippen molar-refractivity contribution in [1.29, 1.82) is 0 Å². The Morgan fingerprint density at radius 3 is 2.65 bits per heavy atom. The molecule has 6 heteroatoms. The zero-order valence-corrected chi connectivity index (χ0v) is 11.4. The van der Waals surface area contributed by atoms with Crippen LogP contribution in [-0.4, -0.2) is 45.0 Å². The number of hydrogen-bond donors (Lipinski definition) is 2. The standard InChI is InChI=1S/C11H22N2O3S/c1-3-5-11(6-4-7-13-11)10(14)12-8-9-17(2,15)16/h13H,3-9H2,1-2H3,(H,12,14). The van der Waals surface area contributed by atoms with Crippen molar-refractivity contribution >= 4 is 15.7 Å². The van der Waals surface area contributed by atoms with Crippen molar-refractivity contribution in [1.82, 2.24) is 10.6 Å². The third kappa shape index (κ3) is 4.27. The lowest BCUT2D eigenvalue weighted by Gasteiger charge is -2.27. The SMILES string of the molecule is CCCC1(C(=O)NCCS(C)(=O)=O)CCCN1. The van der Waals surface area contributed by atoms with Gasteiger partial charge < -0.3 is 10.6 Å². The van der Waals surface area contributed by atoms with E-state index in [0.717, 1.165) is 32.2 Å². The van der Waals surface area contributed by atoms with Gasteiger partial charge in [-0.3, -0.25) is 4.79 Å². The van der Waals surface area contributed by atoms with Gasteiger partial charge in [-0.15, -0.1) is 0 Å². The molecule has 0 spiro atoms. The van der Waals surface area contributed by atoms with E-state index >= 15 is 0 Å². The van der Waals surface area contributed by atoms with E-state index in [1.54, 1.807) is 0 Å². The van der Waals surface area contributed by atoms with E-state index < -0.39 is 15.4 Å². The first-order chi connectivity index (χ1) is 7.90. The first-order valence-corrected chi connectivity index (χ1v) is 8.17. The van der Waals surface area contributed by atoms with Crippen molar-refractivity contribution in [2.45, 2.75) is 38.1 Å². The van der Waals surface area contributed by atoms with Gasteiger partial charge in [0.1, 0.15) is 9.84 Å². The lowest BCUT2D eigenvalue weighted by atomic mass is 9.91. The van der Waals surface area contributed by atoms with Gasteiger partial charge in [0.2, 0.25) is 5.91 Å². The summed E-state index contributed by atoms with van der Waals surface area (Å²) in [5.74, 6) is -0.0542. The van der Waals surface area contributed by atoms with E-state index in [-0.39, 0.29) is 18.2 Å². The highest BCUT2D eigenvalue weighted by Gasteiger charge is 2.39. The molecule has 1 fully saturated rings. The van der Waals surface area contributed by atoms with Crippen molar-refractivity contribution in [2.24, 2.45) is 0 Å². The van der Waals surface area contributed by atoms with E-state index in [2.05, 4.69) is 10.6 Å². The van der Waals surface area contributed by atoms with E-state index in [0.29, 0.717) is 0 Å². The van der Waals surface area contributed by atoms with Crippen LogP contribution in [-0.2, 0) is 14.6 Å². The highest BCUT2D eigenvalue weighted by atomic mass is 32.2. The van der Waals surface area contributed by atoms with Gasteiger partial charge in [0, 0.05) is 12.8 Å². The van der Waals surface area contributed by atoms with E-state index in [9.17, 15) is 13.2 Å². The van der Waals surface area contributed by atoms with Crippen molar-refractivity contribution < 1.29 is 13.2 Å². The minimum Gasteiger partial charge on any atom is -0.353 e. The Morgan fingerprint density at radius 1 is 1.47 bits per heavy atom. The van der Waals surface area contributed by atoms with Crippen molar-refractivity contribution in [3.63, 3.8) is 0 Å². The van der Waals surface area contributed by atoms with Gasteiger partial charge in [0.15, 0.2) is 0 Å². The number of rotatable bonds is 6. The molecule has 100 valence electrons. The van der Waals surface area contributed by atoms with E-state index in [4.69, 9.17) is 0 Å². The highest BCUT2D eigenvalue weighted by molar-refractivity contribution is 7.90. The molecule has 0 bridgehead atoms. The van der Waals surface area contributed by atoms with Crippen LogP contribution in [0.1, 0.15) is 32.6 Å². The Hall–Kier alpha value is -0.620. The van der Waals surface area contributed by atoms with Crippen LogP contribution >= 0.6 is 0 Å². The molecule has 0 aromatic carbocycles. The minimum absolute atomic E-state index is 0.000938. The third-order valence-electron chi connectivity index (χ3n) is 3.11. The molecular formula is C11H22N2O3S. The Morgan fingerprint density at radius 2 is 2.18 bits per heavy atom. The zero-order valence-electron chi connectivity index (χ0n) is 10.6. The molecule has 1 aliphatic heterocycles. The average Bonchev–Trinajstić information content (AvgIpc) is 2.66. The molecule has 1 atom stereocenters. The maximum atomic E-state index is 12.1. The third-order valence-corrected chi connectivity index (χ3v) is 4.06. The van der Waals surface area contributed by atoms with Gasteiger partial charge in [0.25, 0.3) is 0 Å². The maximum Gasteiger partial charge on any atom is 0.240 e. The van der Waals surface area contributed by atoms with Gasteiger partial charge in [0.05, 0.1) is 11.3 Å². The summed E-state index contributed by atoms with van der Waals surface area (Å²) in [6.45, 7) is 3.11. The molecule has 17 heavy (non-hydrogen) atoms. The van der Waals surface area contributed by atoms with Gasteiger partial charge >= 0.3 is 0 Å². The second-order valence-corrected chi connectivity index (χ2v) is 7.01. The fourth-order valence-electron chi connectivity index (χ4n) is 2.27. The lowest BCUT2D eigenvalue weighted by Crippen LogP contribution is -2.54. The summed E-state index contributed by atoms with van der Waals surface area (Å²) in [5, 5.41) is 5.98. The largest absolute Gasteiger partial charge is 0.353 e. The minimum atomic E-state index is -3.01. The van der Waals surface area contributed by atoms with Crippen LogP contribution < -0.4 is 10.6 Å². The Kier molecular flexibility index (Phi) is 4.94. The van der Waals surface area contributed by atoms with Crippen LogP contribution in [0.4, 0.5) is 0 Å². The molecular weight excluding hydrogens is 240 g/mol. The van der Waals surface area contributed by atoms with E-state index in [1.165, 1.54) is 6.26 Å². The maximum absolute atomic E-state index is 12.1. The van der Waals surface area contributed by atoms with Gasteiger partial charge in [-0.05, 0) is 25.8 Å². The predicted octanol–water partition coefficient (Wildman–Crippen LogP) is 0.0695. The van der Waals surface area contributed by atoms with Crippen molar-refractivity contribution in [3.05, 3.63) is 0 Å². The smallest absolute Gasteiger partial charge is 0.240 e. The molecule has 2 N–H and O–H groups in total. The summed E-state index contributed by atoms with van der Waals surface area (Å²) in [4.78, 5) is 12.1. The number of carbonyl (C=O) groups is 1. The van der Waals surface area contributed by atoms with Crippen molar-refractivity contribution in [3.8, 4) is 0 Å². The molecule has 0 aromatic rings. The second kappa shape index (κ2) is 5.82. The summed E-state index contributed by atoms with van der Waals surface area (Å²) in [6.07, 6.45) is 4.75. The molecule has 1 saturated heterocycles. The number of sulfone groups is 1. The fraction of sp³-hybridized carbons (Fsp3) is 0.909. The molecule has 0 aliphatic carbocycles. The quantitative estimate of drug-likeness (QED) is 0.710. The monoisotopic (exact) mass is 262 g/mol. The molecule has 1 rings (SSSR count). The molecule has 0 radical (unpaired) electrons. The predicted molar refractivity (Wildman–Crippen MR) is 67.6 cm³/mol. The number of nitrogens with one attached hydrogen (secondary N) is 2. The Balaban J connectivity index is 2.49. The lowest BCUT2D eigenvalue weighted by molar-refractivity contribution is -0.127. The second-order valence-electron chi connectivity index (χ2n) is 4.75. The van der Waals surface area contributed by atoms with Crippen molar-refractivity contribution in [2.75, 3.05) is 25.1 Å². The topological polar surface area (TPSA) is 75.3 Å². The molecule has 0 saturated carbocycles. The molecule has 0 aromatic heterocycles. The fourth-order valence-corrected chi connectivity index (χ4v) is 2.75. The number of amides is 1. The Bertz CT molecular complexity index is 359. The van der Waals surface area contributed by atoms with Crippen LogP contribution in [0.25, 0.3) is 0 Å². The first-order valence-electron chi connectivity index (χ1n) is 6.11. The van der Waals surface area contributed by atoms with Crippen LogP contribution in [0.15, 0.2) is 0 Å². The number of carbonyl (C=O) groups excluding carboxylic acids is 1. The first kappa shape index (κ1) is 14.4. The van der Waals surface area contributed by atoms with Crippen LogP contribution in [0.3, 0.4) is 0 Å². The van der Waals surface area contributed by atoms with Gasteiger partial charge in [-0.1, -0.05) is 13.3 Å². The molecule has 1 heterocycles. The van der Waals surface area contributed by atoms with Crippen LogP contribution in [0.5, 0.6) is 0 Å². The molecule has 1 unspecified atom stereocenters. The average molecular weight is 262 g/mol. The molecule has 5 nitrogen and oxygen atoms in total. The van der Waals surface area contributed by atoms with Gasteiger partial charge in [-0.25, -0.2) is 8.42 Å². The summed E-state index contributed by atoms with van der Waals surface area (Å²) in [6, 6.07) is 0. The molecule has 1 amide bonds. The molecule has 1 aliphatic rings. The van der Waals surface area contributed by atoms with Crippen LogP contribution in [0.2, 0.25) is 0 Å². The summed E-state index contributed by atoms with van der Waals surface area (Å²) in [5.41, 5.74) is -0.466. The van der Waals surface area contributed by atoms with Gasteiger partial charge in [-0.2, -0.15) is 0 Å². The summed E-state index contributed by atoms with van der Waals surface area (Å²) >= 11 is 0. The normalized spacial score (nSPS) is 24.8. The number of hydrogen-bond acceptors (Lipinski definition) is 4. The summed E-state index contributed by atoms with van der Waals surface area (Å²) < 4.78 is 21.9. The summed E-state index contributed by atoms with van der Waals surface area (Å²) in [7, 11) is -3.01. The van der Waals surface area contributed by atoms with Crippen LogP contribution in [0, 0.1) is 0 Å². The Labute approximate surface area is 103 Å². The highest BCUT2D eigenvalue weighted by Crippen LogP contribution is 2.24. The van der Waals surface area contributed by atoms with E-state index in [1.807, 2.05) is 6.92 Å².